The number of hydrogen-bond donors (Lipinski definition) is 0. The summed E-state index contributed by atoms with van der Waals surface area (Å²) in [6.07, 6.45) is -0.622. The number of pyridine rings is 1. The molecule has 4 nitrogen and oxygen atoms in total. The first kappa shape index (κ1) is 23.6. The molecular formula is C26H26BrF2NO3. The number of hydrogen-bond acceptors (Lipinski definition) is 4. The molecule has 2 aromatic carbocycles. The fourth-order valence-electron chi connectivity index (χ4n) is 4.38. The van der Waals surface area contributed by atoms with Crippen molar-refractivity contribution < 1.29 is 23.0 Å². The first-order valence-electron chi connectivity index (χ1n) is 10.8. The predicted octanol–water partition coefficient (Wildman–Crippen LogP) is 6.90. The minimum atomic E-state index is -0.997. The van der Waals surface area contributed by atoms with Gasteiger partial charge in [-0.15, -0.1) is 0 Å². The molecule has 0 radical (unpaired) electrons. The van der Waals surface area contributed by atoms with E-state index < -0.39 is 17.7 Å². The van der Waals surface area contributed by atoms with Crippen molar-refractivity contribution in [1.29, 1.82) is 0 Å². The van der Waals surface area contributed by atoms with Gasteiger partial charge in [0.15, 0.2) is 11.6 Å². The number of methoxy groups -OCH3 is 1. The Kier molecular flexibility index (Phi) is 7.00. The Balaban J connectivity index is 1.74. The van der Waals surface area contributed by atoms with E-state index in [9.17, 15) is 8.78 Å². The van der Waals surface area contributed by atoms with Crippen LogP contribution >= 0.6 is 15.9 Å². The van der Waals surface area contributed by atoms with Crippen LogP contribution in [0.1, 0.15) is 48.4 Å². The van der Waals surface area contributed by atoms with E-state index in [0.29, 0.717) is 28.1 Å². The van der Waals surface area contributed by atoms with E-state index in [1.165, 1.54) is 7.11 Å². The fraction of sp³-hybridized carbons (Fsp3) is 0.346. The van der Waals surface area contributed by atoms with Crippen LogP contribution < -0.4 is 9.47 Å². The number of benzene rings is 2. The number of rotatable bonds is 6. The van der Waals surface area contributed by atoms with Crippen molar-refractivity contribution in [2.75, 3.05) is 7.11 Å². The number of aryl methyl sites for hydroxylation is 1. The molecule has 7 heteroatoms. The van der Waals surface area contributed by atoms with E-state index in [4.69, 9.17) is 19.2 Å². The summed E-state index contributed by atoms with van der Waals surface area (Å²) in [6.45, 7) is 6.30. The third-order valence-corrected chi connectivity index (χ3v) is 7.02. The highest BCUT2D eigenvalue weighted by molar-refractivity contribution is 9.10. The SMILES string of the molecule is COc1c([C@@H]2[C@H](C)[C@@H](C)O[C@H]2c2nc(C)cc(OCc3ccccc3)c2Br)ccc(F)c1F. The first-order valence-corrected chi connectivity index (χ1v) is 11.6. The molecule has 0 bridgehead atoms. The van der Waals surface area contributed by atoms with Gasteiger partial charge in [-0.05, 0) is 47.3 Å². The molecule has 3 aromatic rings. The fourth-order valence-corrected chi connectivity index (χ4v) is 4.93. The summed E-state index contributed by atoms with van der Waals surface area (Å²) >= 11 is 3.67. The zero-order chi connectivity index (χ0) is 23.7. The molecule has 0 spiro atoms. The second kappa shape index (κ2) is 9.77. The van der Waals surface area contributed by atoms with Gasteiger partial charge in [0.05, 0.1) is 23.4 Å². The van der Waals surface area contributed by atoms with Gasteiger partial charge in [0.25, 0.3) is 0 Å². The average molecular weight is 518 g/mol. The van der Waals surface area contributed by atoms with Crippen molar-refractivity contribution in [3.8, 4) is 11.5 Å². The summed E-state index contributed by atoms with van der Waals surface area (Å²) in [5.41, 5.74) is 3.03. The number of ether oxygens (including phenoxy) is 3. The summed E-state index contributed by atoms with van der Waals surface area (Å²) in [5.74, 6) is -1.68. The quantitative estimate of drug-likeness (QED) is 0.356. The molecule has 33 heavy (non-hydrogen) atoms. The summed E-state index contributed by atoms with van der Waals surface area (Å²) in [4.78, 5) is 4.75. The average Bonchev–Trinajstić information content (AvgIpc) is 3.10. The highest BCUT2D eigenvalue weighted by atomic mass is 79.9. The zero-order valence-electron chi connectivity index (χ0n) is 18.9. The monoisotopic (exact) mass is 517 g/mol. The Hall–Kier alpha value is -2.51. The molecule has 0 unspecified atom stereocenters. The molecule has 2 heterocycles. The molecule has 1 aliphatic rings. The highest BCUT2D eigenvalue weighted by Gasteiger charge is 2.45. The summed E-state index contributed by atoms with van der Waals surface area (Å²) in [5, 5.41) is 0. The van der Waals surface area contributed by atoms with Crippen molar-refractivity contribution in [1.82, 2.24) is 4.98 Å². The minimum Gasteiger partial charge on any atom is -0.493 e. The molecule has 4 atom stereocenters. The topological polar surface area (TPSA) is 40.6 Å². The van der Waals surface area contributed by atoms with Crippen LogP contribution in [0.5, 0.6) is 11.5 Å². The van der Waals surface area contributed by atoms with Crippen LogP contribution in [-0.4, -0.2) is 18.2 Å². The molecule has 0 N–H and O–H groups in total. The summed E-state index contributed by atoms with van der Waals surface area (Å²) in [6, 6.07) is 14.5. The first-order chi connectivity index (χ1) is 15.8. The largest absolute Gasteiger partial charge is 0.493 e. The zero-order valence-corrected chi connectivity index (χ0v) is 20.5. The normalized spacial score (nSPS) is 22.4. The van der Waals surface area contributed by atoms with E-state index in [1.807, 2.05) is 57.2 Å². The van der Waals surface area contributed by atoms with Crippen LogP contribution in [0, 0.1) is 24.5 Å². The second-order valence-electron chi connectivity index (χ2n) is 8.37. The van der Waals surface area contributed by atoms with Crippen molar-refractivity contribution in [3.05, 3.63) is 87.2 Å². The van der Waals surface area contributed by atoms with Crippen LogP contribution in [0.2, 0.25) is 0 Å². The maximum Gasteiger partial charge on any atom is 0.200 e. The van der Waals surface area contributed by atoms with Crippen molar-refractivity contribution in [3.63, 3.8) is 0 Å². The summed E-state index contributed by atoms with van der Waals surface area (Å²) in [7, 11) is 1.34. The number of nitrogens with zero attached hydrogens (tertiary/aromatic N) is 1. The maximum absolute atomic E-state index is 14.6. The van der Waals surface area contributed by atoms with Crippen molar-refractivity contribution in [2.24, 2.45) is 5.92 Å². The molecule has 0 amide bonds. The molecule has 1 aromatic heterocycles. The Labute approximate surface area is 201 Å². The van der Waals surface area contributed by atoms with Gasteiger partial charge in [-0.1, -0.05) is 43.3 Å². The van der Waals surface area contributed by atoms with E-state index in [0.717, 1.165) is 17.3 Å². The Morgan fingerprint density at radius 3 is 2.52 bits per heavy atom. The van der Waals surface area contributed by atoms with Gasteiger partial charge < -0.3 is 14.2 Å². The van der Waals surface area contributed by atoms with E-state index in [2.05, 4.69) is 15.9 Å². The van der Waals surface area contributed by atoms with Gasteiger partial charge in [0, 0.05) is 23.2 Å². The second-order valence-corrected chi connectivity index (χ2v) is 9.16. The molecule has 0 saturated carbocycles. The van der Waals surface area contributed by atoms with Gasteiger partial charge in [0.2, 0.25) is 5.82 Å². The lowest BCUT2D eigenvalue weighted by Gasteiger charge is -2.25. The lowest BCUT2D eigenvalue weighted by atomic mass is 9.81. The van der Waals surface area contributed by atoms with Crippen molar-refractivity contribution in [2.45, 2.75) is 45.5 Å². The Morgan fingerprint density at radius 1 is 1.09 bits per heavy atom. The van der Waals surface area contributed by atoms with Gasteiger partial charge in [-0.25, -0.2) is 4.39 Å². The third-order valence-electron chi connectivity index (χ3n) is 6.22. The predicted molar refractivity (Wildman–Crippen MR) is 126 cm³/mol. The number of aromatic nitrogens is 1. The van der Waals surface area contributed by atoms with Gasteiger partial charge in [-0.2, -0.15) is 4.39 Å². The van der Waals surface area contributed by atoms with E-state index >= 15 is 0 Å². The maximum atomic E-state index is 14.6. The lowest BCUT2D eigenvalue weighted by molar-refractivity contribution is 0.0412. The van der Waals surface area contributed by atoms with Gasteiger partial charge >= 0.3 is 0 Å². The standard InChI is InChI=1S/C26H26BrF2NO3/c1-14-12-20(32-13-17-8-6-5-7-9-17)22(27)24(30-14)26-21(15(2)16(3)33-26)18-10-11-19(28)23(29)25(18)31-4/h5-12,15-16,21,26H,13H2,1-4H3/t15-,16-,21+,26-/m1/s1. The van der Waals surface area contributed by atoms with Crippen LogP contribution in [0.15, 0.2) is 53.0 Å². The molecule has 174 valence electrons. The van der Waals surface area contributed by atoms with E-state index in [1.54, 1.807) is 6.07 Å². The summed E-state index contributed by atoms with van der Waals surface area (Å²) < 4.78 is 46.8. The van der Waals surface area contributed by atoms with Gasteiger partial charge in [0.1, 0.15) is 18.5 Å². The molecule has 0 aliphatic carbocycles. The molecule has 1 aliphatic heterocycles. The van der Waals surface area contributed by atoms with Crippen LogP contribution in [0.3, 0.4) is 0 Å². The minimum absolute atomic E-state index is 0.0108. The smallest absolute Gasteiger partial charge is 0.200 e. The third kappa shape index (κ3) is 4.62. The number of halogens is 3. The molecule has 1 saturated heterocycles. The van der Waals surface area contributed by atoms with Crippen LogP contribution in [0.4, 0.5) is 8.78 Å². The molecule has 1 fully saturated rings. The van der Waals surface area contributed by atoms with Gasteiger partial charge in [-0.3, -0.25) is 4.98 Å². The lowest BCUT2D eigenvalue weighted by Crippen LogP contribution is -2.16. The molecular weight excluding hydrogens is 492 g/mol. The van der Waals surface area contributed by atoms with Crippen molar-refractivity contribution >= 4 is 15.9 Å². The van der Waals surface area contributed by atoms with Crippen LogP contribution in [-0.2, 0) is 11.3 Å². The highest BCUT2D eigenvalue weighted by Crippen LogP contribution is 2.52. The Morgan fingerprint density at radius 2 is 1.82 bits per heavy atom. The Bertz CT molecular complexity index is 1140. The van der Waals surface area contributed by atoms with E-state index in [-0.39, 0.29) is 23.7 Å². The van der Waals surface area contributed by atoms with Crippen LogP contribution in [0.25, 0.3) is 0 Å². The molecule has 4 rings (SSSR count).